The number of nitrogens with one attached hydrogen (secondary N) is 1. The van der Waals surface area contributed by atoms with Crippen molar-refractivity contribution in [2.24, 2.45) is 0 Å². The molecule has 5 nitrogen and oxygen atoms in total. The van der Waals surface area contributed by atoms with Crippen LogP contribution in [0.5, 0.6) is 0 Å². The summed E-state index contributed by atoms with van der Waals surface area (Å²) >= 11 is 0. The average molecular weight is 257 g/mol. The molecule has 0 saturated carbocycles. The summed E-state index contributed by atoms with van der Waals surface area (Å²) in [6.07, 6.45) is 8.97. The van der Waals surface area contributed by atoms with Gasteiger partial charge in [0.25, 0.3) is 0 Å². The normalized spacial score (nSPS) is 19.6. The van der Waals surface area contributed by atoms with E-state index in [0.717, 1.165) is 25.5 Å². The van der Waals surface area contributed by atoms with Gasteiger partial charge in [-0.2, -0.15) is 5.10 Å². The standard InChI is InChI=1S/C14H19N5/c1-2-11-9-17-18-13(11)12-5-3-8-19(10-12)14-15-6-4-7-16-14/h4,6-7,9,12H,2-3,5,8,10H2,1H3,(H,17,18). The van der Waals surface area contributed by atoms with Gasteiger partial charge in [-0.05, 0) is 30.9 Å². The zero-order valence-corrected chi connectivity index (χ0v) is 11.2. The molecule has 0 aliphatic carbocycles. The minimum absolute atomic E-state index is 0.509. The lowest BCUT2D eigenvalue weighted by atomic mass is 9.92. The molecule has 3 rings (SSSR count). The van der Waals surface area contributed by atoms with E-state index in [1.165, 1.54) is 24.1 Å². The summed E-state index contributed by atoms with van der Waals surface area (Å²) in [5.74, 6) is 1.35. The van der Waals surface area contributed by atoms with E-state index < -0.39 is 0 Å². The van der Waals surface area contributed by atoms with Crippen molar-refractivity contribution in [1.29, 1.82) is 0 Å². The van der Waals surface area contributed by atoms with Gasteiger partial charge in [0.15, 0.2) is 0 Å². The number of aryl methyl sites for hydroxylation is 1. The van der Waals surface area contributed by atoms with Gasteiger partial charge in [0.2, 0.25) is 5.95 Å². The van der Waals surface area contributed by atoms with Crippen molar-refractivity contribution in [1.82, 2.24) is 20.2 Å². The SMILES string of the molecule is CCc1cn[nH]c1C1CCCN(c2ncccn2)C1. The van der Waals surface area contributed by atoms with Gasteiger partial charge in [-0.3, -0.25) is 5.10 Å². The minimum Gasteiger partial charge on any atom is -0.340 e. The fraction of sp³-hybridized carbons (Fsp3) is 0.500. The highest BCUT2D eigenvalue weighted by atomic mass is 15.3. The molecular weight excluding hydrogens is 238 g/mol. The summed E-state index contributed by atoms with van der Waals surface area (Å²) in [5, 5.41) is 7.37. The van der Waals surface area contributed by atoms with E-state index in [1.54, 1.807) is 12.4 Å². The Hall–Kier alpha value is -1.91. The van der Waals surface area contributed by atoms with E-state index in [-0.39, 0.29) is 0 Å². The highest BCUT2D eigenvalue weighted by Crippen LogP contribution is 2.29. The molecule has 1 fully saturated rings. The van der Waals surface area contributed by atoms with E-state index in [1.807, 2.05) is 12.3 Å². The molecule has 0 aromatic carbocycles. The van der Waals surface area contributed by atoms with Gasteiger partial charge in [0.05, 0.1) is 6.20 Å². The molecule has 1 atom stereocenters. The van der Waals surface area contributed by atoms with Crippen LogP contribution in [-0.4, -0.2) is 33.3 Å². The van der Waals surface area contributed by atoms with Gasteiger partial charge in [0.1, 0.15) is 0 Å². The van der Waals surface area contributed by atoms with E-state index in [4.69, 9.17) is 0 Å². The smallest absolute Gasteiger partial charge is 0.225 e. The lowest BCUT2D eigenvalue weighted by Crippen LogP contribution is -2.35. The molecular formula is C14H19N5. The van der Waals surface area contributed by atoms with Crippen LogP contribution in [0, 0.1) is 0 Å². The number of hydrogen-bond donors (Lipinski definition) is 1. The summed E-state index contributed by atoms with van der Waals surface area (Å²) in [4.78, 5) is 11.0. The summed E-state index contributed by atoms with van der Waals surface area (Å²) < 4.78 is 0. The van der Waals surface area contributed by atoms with Gasteiger partial charge in [-0.15, -0.1) is 0 Å². The van der Waals surface area contributed by atoms with Crippen LogP contribution in [0.3, 0.4) is 0 Å². The Bertz CT molecular complexity index is 522. The van der Waals surface area contributed by atoms with Crippen LogP contribution in [0.25, 0.3) is 0 Å². The minimum atomic E-state index is 0.509. The number of anilines is 1. The molecule has 100 valence electrons. The van der Waals surface area contributed by atoms with Gasteiger partial charge in [-0.1, -0.05) is 6.92 Å². The predicted octanol–water partition coefficient (Wildman–Crippen LogP) is 2.15. The van der Waals surface area contributed by atoms with Crippen molar-refractivity contribution in [2.45, 2.75) is 32.1 Å². The quantitative estimate of drug-likeness (QED) is 0.915. The van der Waals surface area contributed by atoms with Crippen molar-refractivity contribution in [3.63, 3.8) is 0 Å². The second-order valence-electron chi connectivity index (χ2n) is 5.00. The molecule has 1 saturated heterocycles. The third kappa shape index (κ3) is 2.45. The molecule has 0 bridgehead atoms. The molecule has 0 radical (unpaired) electrons. The van der Waals surface area contributed by atoms with Gasteiger partial charge >= 0.3 is 0 Å². The number of aromatic amines is 1. The highest BCUT2D eigenvalue weighted by Gasteiger charge is 2.25. The number of hydrogen-bond acceptors (Lipinski definition) is 4. The molecule has 1 aliphatic rings. The van der Waals surface area contributed by atoms with Crippen LogP contribution in [-0.2, 0) is 6.42 Å². The Morgan fingerprint density at radius 2 is 2.21 bits per heavy atom. The molecule has 19 heavy (non-hydrogen) atoms. The largest absolute Gasteiger partial charge is 0.340 e. The van der Waals surface area contributed by atoms with E-state index in [0.29, 0.717) is 5.92 Å². The Labute approximate surface area is 113 Å². The second-order valence-corrected chi connectivity index (χ2v) is 5.00. The Morgan fingerprint density at radius 3 is 3.00 bits per heavy atom. The van der Waals surface area contributed by atoms with Crippen molar-refractivity contribution < 1.29 is 0 Å². The van der Waals surface area contributed by atoms with E-state index in [2.05, 4.69) is 32.0 Å². The van der Waals surface area contributed by atoms with Crippen LogP contribution in [0.2, 0.25) is 0 Å². The fourth-order valence-electron chi connectivity index (χ4n) is 2.81. The monoisotopic (exact) mass is 257 g/mol. The lowest BCUT2D eigenvalue weighted by molar-refractivity contribution is 0.492. The predicted molar refractivity (Wildman–Crippen MR) is 74.2 cm³/mol. The number of aromatic nitrogens is 4. The Balaban J connectivity index is 1.79. The van der Waals surface area contributed by atoms with E-state index >= 15 is 0 Å². The Kier molecular flexibility index (Phi) is 3.44. The second kappa shape index (κ2) is 5.38. The van der Waals surface area contributed by atoms with Crippen molar-refractivity contribution in [3.05, 3.63) is 35.9 Å². The molecule has 1 aliphatic heterocycles. The third-order valence-corrected chi connectivity index (χ3v) is 3.80. The lowest BCUT2D eigenvalue weighted by Gasteiger charge is -2.32. The maximum atomic E-state index is 4.35. The molecule has 1 unspecified atom stereocenters. The average Bonchev–Trinajstić information content (AvgIpc) is 2.97. The molecule has 3 heterocycles. The fourth-order valence-corrected chi connectivity index (χ4v) is 2.81. The van der Waals surface area contributed by atoms with Crippen molar-refractivity contribution in [3.8, 4) is 0 Å². The first-order chi connectivity index (χ1) is 9.38. The first-order valence-electron chi connectivity index (χ1n) is 6.92. The number of rotatable bonds is 3. The van der Waals surface area contributed by atoms with Crippen LogP contribution in [0.4, 0.5) is 5.95 Å². The van der Waals surface area contributed by atoms with Crippen LogP contribution in [0.1, 0.15) is 36.9 Å². The maximum absolute atomic E-state index is 4.35. The zero-order valence-electron chi connectivity index (χ0n) is 11.2. The molecule has 2 aromatic rings. The number of H-pyrrole nitrogens is 1. The number of piperidine rings is 1. The topological polar surface area (TPSA) is 57.7 Å². The summed E-state index contributed by atoms with van der Waals surface area (Å²) in [7, 11) is 0. The first-order valence-corrected chi connectivity index (χ1v) is 6.92. The molecule has 1 N–H and O–H groups in total. The molecule has 0 spiro atoms. The number of nitrogens with zero attached hydrogens (tertiary/aromatic N) is 4. The summed E-state index contributed by atoms with van der Waals surface area (Å²) in [6, 6.07) is 1.86. The molecule has 0 amide bonds. The van der Waals surface area contributed by atoms with Gasteiger partial charge in [0, 0.05) is 37.1 Å². The van der Waals surface area contributed by atoms with Crippen LogP contribution in [0.15, 0.2) is 24.7 Å². The Morgan fingerprint density at radius 1 is 1.37 bits per heavy atom. The molecule has 2 aromatic heterocycles. The highest BCUT2D eigenvalue weighted by molar-refractivity contribution is 5.32. The van der Waals surface area contributed by atoms with Gasteiger partial charge in [-0.25, -0.2) is 9.97 Å². The van der Waals surface area contributed by atoms with Crippen molar-refractivity contribution >= 4 is 5.95 Å². The van der Waals surface area contributed by atoms with Crippen molar-refractivity contribution in [2.75, 3.05) is 18.0 Å². The van der Waals surface area contributed by atoms with E-state index in [9.17, 15) is 0 Å². The maximum Gasteiger partial charge on any atom is 0.225 e. The van der Waals surface area contributed by atoms with Crippen LogP contribution >= 0.6 is 0 Å². The zero-order chi connectivity index (χ0) is 13.1. The summed E-state index contributed by atoms with van der Waals surface area (Å²) in [6.45, 7) is 4.19. The third-order valence-electron chi connectivity index (χ3n) is 3.80. The van der Waals surface area contributed by atoms with Crippen LogP contribution < -0.4 is 4.90 Å². The molecule has 5 heteroatoms. The van der Waals surface area contributed by atoms with Gasteiger partial charge < -0.3 is 4.90 Å². The first kappa shape index (κ1) is 12.1. The summed E-state index contributed by atoms with van der Waals surface area (Å²) in [5.41, 5.74) is 2.63.